The number of halogens is 1. The molecule has 8 nitrogen and oxygen atoms in total. The maximum Gasteiger partial charge on any atom is 0.236 e. The molecule has 2 aliphatic rings. The minimum absolute atomic E-state index is 0.0350. The maximum absolute atomic E-state index is 15.2. The highest BCUT2D eigenvalue weighted by Crippen LogP contribution is 2.38. The third-order valence-corrected chi connectivity index (χ3v) is 10.0. The summed E-state index contributed by atoms with van der Waals surface area (Å²) >= 11 is 0. The fourth-order valence-corrected chi connectivity index (χ4v) is 7.77. The van der Waals surface area contributed by atoms with Crippen molar-refractivity contribution in [1.29, 1.82) is 0 Å². The van der Waals surface area contributed by atoms with Gasteiger partial charge in [0.25, 0.3) is 0 Å². The van der Waals surface area contributed by atoms with Crippen molar-refractivity contribution in [3.8, 4) is 0 Å². The van der Waals surface area contributed by atoms with Crippen molar-refractivity contribution in [3.05, 3.63) is 65.5 Å². The van der Waals surface area contributed by atoms with E-state index in [9.17, 15) is 21.6 Å². The smallest absolute Gasteiger partial charge is 0.236 e. The molecule has 0 spiro atoms. The summed E-state index contributed by atoms with van der Waals surface area (Å²) in [6, 6.07) is 13.7. The summed E-state index contributed by atoms with van der Waals surface area (Å²) in [5.41, 5.74) is 1.71. The Balaban J connectivity index is 1.44. The van der Waals surface area contributed by atoms with Gasteiger partial charge >= 0.3 is 0 Å². The zero-order chi connectivity index (χ0) is 26.1. The van der Waals surface area contributed by atoms with Gasteiger partial charge in [-0.15, -0.1) is 0 Å². The largest absolute Gasteiger partial charge is 0.371 e. The van der Waals surface area contributed by atoms with Crippen molar-refractivity contribution in [3.63, 3.8) is 0 Å². The lowest BCUT2D eigenvalue weighted by molar-refractivity contribution is -0.123. The summed E-state index contributed by atoms with van der Waals surface area (Å²) < 4.78 is 68.1. The molecule has 2 heterocycles. The number of hydrogen-bond acceptors (Lipinski definition) is 6. The van der Waals surface area contributed by atoms with Crippen LogP contribution >= 0.6 is 0 Å². The number of benzene rings is 2. The summed E-state index contributed by atoms with van der Waals surface area (Å²) in [6.07, 6.45) is 3.08. The van der Waals surface area contributed by atoms with Crippen LogP contribution in [0.25, 0.3) is 0 Å². The molecular formula is C25H32FN3O5S2. The Morgan fingerprint density at radius 2 is 1.72 bits per heavy atom. The molecule has 0 aliphatic carbocycles. The van der Waals surface area contributed by atoms with Gasteiger partial charge in [0.1, 0.15) is 11.1 Å². The van der Waals surface area contributed by atoms with Crippen LogP contribution in [0.4, 0.5) is 10.1 Å². The van der Waals surface area contributed by atoms with Crippen molar-refractivity contribution in [2.45, 2.75) is 50.4 Å². The number of piperidine rings is 1. The molecule has 1 unspecified atom stereocenters. The molecule has 4 rings (SSSR count). The normalized spacial score (nSPS) is 23.4. The Morgan fingerprint density at radius 1 is 1.06 bits per heavy atom. The lowest BCUT2D eigenvalue weighted by Gasteiger charge is -2.37. The SMILES string of the molecule is C[C@H]1CCC(c2ccccc2)S(=O)(=O)N1Cc1ccc(N2CCC(C(=O)NS(C)(=O)=O)CC2)cc1F. The number of rotatable bonds is 6. The zero-order valence-electron chi connectivity index (χ0n) is 20.4. The molecule has 0 aromatic heterocycles. The first-order chi connectivity index (χ1) is 17.0. The van der Waals surface area contributed by atoms with Gasteiger partial charge in [0.2, 0.25) is 26.0 Å². The molecule has 0 radical (unpaired) electrons. The van der Waals surface area contributed by atoms with Gasteiger partial charge < -0.3 is 4.90 Å². The van der Waals surface area contributed by atoms with Crippen LogP contribution in [0.2, 0.25) is 0 Å². The van der Waals surface area contributed by atoms with E-state index in [1.807, 2.05) is 46.9 Å². The number of anilines is 1. The summed E-state index contributed by atoms with van der Waals surface area (Å²) in [6.45, 7) is 2.79. The number of hydrogen-bond donors (Lipinski definition) is 1. The highest BCUT2D eigenvalue weighted by Gasteiger charge is 2.40. The van der Waals surface area contributed by atoms with Crippen molar-refractivity contribution >= 4 is 31.6 Å². The van der Waals surface area contributed by atoms with Gasteiger partial charge in [-0.3, -0.25) is 9.52 Å². The number of sulfonamides is 2. The number of nitrogens with zero attached hydrogens (tertiary/aromatic N) is 2. The molecule has 36 heavy (non-hydrogen) atoms. The Bertz CT molecular complexity index is 1310. The van der Waals surface area contributed by atoms with Crippen LogP contribution < -0.4 is 9.62 Å². The Kier molecular flexibility index (Phi) is 7.72. The van der Waals surface area contributed by atoms with Crippen LogP contribution in [0.5, 0.6) is 0 Å². The third kappa shape index (κ3) is 5.90. The highest BCUT2D eigenvalue weighted by molar-refractivity contribution is 7.89. The van der Waals surface area contributed by atoms with E-state index in [0.717, 1.165) is 11.8 Å². The van der Waals surface area contributed by atoms with E-state index in [1.54, 1.807) is 12.1 Å². The first-order valence-electron chi connectivity index (χ1n) is 12.1. The van der Waals surface area contributed by atoms with E-state index >= 15 is 4.39 Å². The Labute approximate surface area is 212 Å². The molecule has 2 fully saturated rings. The standard InChI is InChI=1S/C25H32FN3O5S2/c1-18-8-11-24(19-6-4-3-5-7-19)36(33,34)29(18)17-21-9-10-22(16-23(21)26)28-14-12-20(13-15-28)25(30)27-35(2,31)32/h3-7,9-10,16,18,20,24H,8,11-15,17H2,1-2H3,(H,27,30)/t18-,24?/m0/s1. The predicted molar refractivity (Wildman–Crippen MR) is 137 cm³/mol. The van der Waals surface area contributed by atoms with Crippen molar-refractivity contribution in [1.82, 2.24) is 9.03 Å². The molecule has 1 N–H and O–H groups in total. The van der Waals surface area contributed by atoms with Crippen LogP contribution in [0.1, 0.15) is 49.0 Å². The first-order valence-corrected chi connectivity index (χ1v) is 15.5. The van der Waals surface area contributed by atoms with E-state index in [1.165, 1.54) is 10.4 Å². The monoisotopic (exact) mass is 537 g/mol. The van der Waals surface area contributed by atoms with Gasteiger partial charge in [-0.2, -0.15) is 4.31 Å². The maximum atomic E-state index is 15.2. The zero-order valence-corrected chi connectivity index (χ0v) is 22.1. The number of carbonyl (C=O) groups is 1. The van der Waals surface area contributed by atoms with Crippen LogP contribution in [0, 0.1) is 11.7 Å². The Morgan fingerprint density at radius 3 is 2.33 bits per heavy atom. The molecule has 2 aromatic rings. The average molecular weight is 538 g/mol. The fraction of sp³-hybridized carbons (Fsp3) is 0.480. The highest BCUT2D eigenvalue weighted by atomic mass is 32.2. The van der Waals surface area contributed by atoms with Gasteiger partial charge in [-0.25, -0.2) is 21.2 Å². The summed E-state index contributed by atoms with van der Waals surface area (Å²) in [7, 11) is -7.27. The van der Waals surface area contributed by atoms with Crippen LogP contribution in [0.3, 0.4) is 0 Å². The second-order valence-electron chi connectivity index (χ2n) is 9.69. The van der Waals surface area contributed by atoms with Crippen molar-refractivity contribution in [2.24, 2.45) is 5.92 Å². The average Bonchev–Trinajstić information content (AvgIpc) is 2.82. The molecule has 2 atom stereocenters. The summed E-state index contributed by atoms with van der Waals surface area (Å²) in [5.74, 6) is -1.40. The number of carbonyl (C=O) groups excluding carboxylic acids is 1. The summed E-state index contributed by atoms with van der Waals surface area (Å²) in [5, 5.41) is -0.640. The molecule has 2 aliphatic heterocycles. The summed E-state index contributed by atoms with van der Waals surface area (Å²) in [4.78, 5) is 14.1. The second-order valence-corrected chi connectivity index (χ2v) is 13.5. The van der Waals surface area contributed by atoms with Crippen molar-refractivity contribution < 1.29 is 26.0 Å². The number of amides is 1. The second kappa shape index (κ2) is 10.5. The van der Waals surface area contributed by atoms with Crippen LogP contribution in [0.15, 0.2) is 48.5 Å². The van der Waals surface area contributed by atoms with E-state index < -0.39 is 42.9 Å². The van der Waals surface area contributed by atoms with Gasteiger partial charge in [-0.1, -0.05) is 36.4 Å². The lowest BCUT2D eigenvalue weighted by atomic mass is 9.96. The fourth-order valence-electron chi connectivity index (χ4n) is 5.05. The van der Waals surface area contributed by atoms with E-state index in [0.29, 0.717) is 50.0 Å². The molecule has 1 amide bonds. The molecule has 0 bridgehead atoms. The van der Waals surface area contributed by atoms with Gasteiger partial charge in [0.15, 0.2) is 0 Å². The molecule has 2 aromatic carbocycles. The van der Waals surface area contributed by atoms with Crippen LogP contribution in [-0.2, 0) is 31.4 Å². The van der Waals surface area contributed by atoms with Gasteiger partial charge in [0.05, 0.1) is 6.26 Å². The van der Waals surface area contributed by atoms with E-state index in [2.05, 4.69) is 0 Å². The molecule has 0 saturated carbocycles. The lowest BCUT2D eigenvalue weighted by Crippen LogP contribution is -2.44. The molecule has 11 heteroatoms. The predicted octanol–water partition coefficient (Wildman–Crippen LogP) is 3.17. The molecule has 2 saturated heterocycles. The van der Waals surface area contributed by atoms with Crippen LogP contribution in [-0.4, -0.2) is 52.4 Å². The first kappa shape index (κ1) is 26.6. The van der Waals surface area contributed by atoms with Gasteiger partial charge in [-0.05, 0) is 50.3 Å². The van der Waals surface area contributed by atoms with Gasteiger partial charge in [0, 0.05) is 42.8 Å². The van der Waals surface area contributed by atoms with E-state index in [-0.39, 0.29) is 12.6 Å². The number of nitrogens with one attached hydrogen (secondary N) is 1. The third-order valence-electron chi connectivity index (χ3n) is 7.08. The minimum Gasteiger partial charge on any atom is -0.371 e. The Hall–Kier alpha value is -2.50. The van der Waals surface area contributed by atoms with E-state index in [4.69, 9.17) is 0 Å². The topological polar surface area (TPSA) is 104 Å². The van der Waals surface area contributed by atoms with Crippen molar-refractivity contribution in [2.75, 3.05) is 24.2 Å². The molecular weight excluding hydrogens is 505 g/mol. The molecule has 196 valence electrons. The quantitative estimate of drug-likeness (QED) is 0.607. The minimum atomic E-state index is -3.66.